The number of phenolic OH excluding ortho intramolecular Hbond substituents is 1. The molecule has 6 atom stereocenters. The first-order chi connectivity index (χ1) is 37.6. The zero-order valence-electron chi connectivity index (χ0n) is 44.5. The number of carbonyl (C=O) groups excluding carboxylic acids is 2. The average molecular weight is 1090 g/mol. The summed E-state index contributed by atoms with van der Waals surface area (Å²) in [7, 11) is 0. The molecule has 4 fully saturated rings. The lowest BCUT2D eigenvalue weighted by Gasteiger charge is -2.35. The van der Waals surface area contributed by atoms with Gasteiger partial charge in [-0.3, -0.25) is 19.5 Å². The van der Waals surface area contributed by atoms with Crippen molar-refractivity contribution in [2.45, 2.75) is 115 Å². The first-order valence-electron chi connectivity index (χ1n) is 27.2. The minimum absolute atomic E-state index is 0.00634. The Bertz CT molecular complexity index is 3320. The molecule has 7 aromatic rings. The summed E-state index contributed by atoms with van der Waals surface area (Å²) in [5.41, 5.74) is 4.67. The molecular weight excluding hydrogens is 1020 g/mol. The van der Waals surface area contributed by atoms with Crippen LogP contribution in [-0.4, -0.2) is 139 Å². The van der Waals surface area contributed by atoms with E-state index in [2.05, 4.69) is 40.5 Å². The van der Waals surface area contributed by atoms with Crippen LogP contribution < -0.4 is 25.0 Å². The van der Waals surface area contributed by atoms with Crippen LogP contribution in [0.15, 0.2) is 76.9 Å². The molecule has 0 saturated carbocycles. The molecular formula is C58H66F2N10O7S. The Morgan fingerprint density at radius 3 is 2.49 bits per heavy atom. The van der Waals surface area contributed by atoms with Gasteiger partial charge in [-0.15, -0.1) is 11.3 Å². The Hall–Kier alpha value is -6.87. The van der Waals surface area contributed by atoms with Gasteiger partial charge in [0.1, 0.15) is 53.6 Å². The number of carbonyl (C=O) groups is 2. The predicted octanol–water partition coefficient (Wildman–Crippen LogP) is 8.45. The van der Waals surface area contributed by atoms with Gasteiger partial charge in [0.05, 0.1) is 33.6 Å². The van der Waals surface area contributed by atoms with E-state index in [1.165, 1.54) is 11.0 Å². The highest BCUT2D eigenvalue weighted by Gasteiger charge is 2.44. The number of β-amino-alcohol motifs (C(OH)–C–C–N with tert-alkyl or cyclic N) is 1. The number of rotatable bonds is 17. The van der Waals surface area contributed by atoms with Crippen molar-refractivity contribution in [3.63, 3.8) is 0 Å². The molecule has 78 heavy (non-hydrogen) atoms. The highest BCUT2D eigenvalue weighted by atomic mass is 32.1. The van der Waals surface area contributed by atoms with Crippen molar-refractivity contribution < 1.29 is 42.6 Å². The van der Waals surface area contributed by atoms with E-state index in [0.717, 1.165) is 50.9 Å². The summed E-state index contributed by atoms with van der Waals surface area (Å²) >= 11 is 1.57. The molecule has 11 rings (SSSR count). The van der Waals surface area contributed by atoms with Gasteiger partial charge < -0.3 is 44.6 Å². The standard InChI is InChI=1S/C58H66F2N10O7S/c1-6-35-8-7-9-38-22-41(71)23-43(49(35)38)51-50(59)52-44(26-61-51)54(69-27-39-14-15-40(28-69)64-39)66-57(65-52)75-21-20-68-18-16-58(60,17-19-68)30-76-47-25-46(77-67-47)48(32(2)3)56(74)70-29-42(72)24-45(70)55(73)63-33(4)36-10-12-37(13-11-36)53-34(5)62-31-78-53/h7-13,22-23,25-26,31-33,39-40,42,45,48,64,71-72H,6,14-21,24,27-30H2,1-5H3,(H,63,73)/t33-,39?,40?,42+,45-,48+/m0/s1. The molecule has 4 aromatic heterocycles. The van der Waals surface area contributed by atoms with Gasteiger partial charge >= 0.3 is 6.01 Å². The molecule has 4 N–H and O–H groups in total. The quantitative estimate of drug-likeness (QED) is 0.0676. The van der Waals surface area contributed by atoms with Crippen molar-refractivity contribution in [1.82, 2.24) is 45.5 Å². The lowest BCUT2D eigenvalue weighted by Crippen LogP contribution is -2.51. The fraction of sp³-hybridized carbons (Fsp3) is 0.466. The van der Waals surface area contributed by atoms with Gasteiger partial charge in [0.15, 0.2) is 11.6 Å². The Morgan fingerprint density at radius 1 is 1.00 bits per heavy atom. The maximum Gasteiger partial charge on any atom is 0.319 e. The molecule has 8 heterocycles. The van der Waals surface area contributed by atoms with Crippen molar-refractivity contribution in [2.24, 2.45) is 5.92 Å². The highest BCUT2D eigenvalue weighted by Crippen LogP contribution is 2.40. The summed E-state index contributed by atoms with van der Waals surface area (Å²) in [4.78, 5) is 53.4. The SMILES string of the molecule is CCc1cccc2cc(O)cc(-c3ncc4c(N5CC6CCC(C5)N6)nc(OCCN5CCC(F)(COc6cc([C@H](C(=O)N7C[C@H](O)C[C@H]7C(=O)N[C@@H](C)c7ccc(-c8scnc8C)cc7)C(C)C)on6)CC5)nc4c3F)c12. The van der Waals surface area contributed by atoms with Crippen LogP contribution in [0.5, 0.6) is 17.6 Å². The maximum absolute atomic E-state index is 17.1. The van der Waals surface area contributed by atoms with E-state index < -0.39 is 29.5 Å². The third-order valence-electron chi connectivity index (χ3n) is 16.1. The highest BCUT2D eigenvalue weighted by molar-refractivity contribution is 7.13. The number of aromatic nitrogens is 5. The molecule has 4 saturated heterocycles. The molecule has 0 aliphatic carbocycles. The van der Waals surface area contributed by atoms with E-state index in [0.29, 0.717) is 55.9 Å². The number of piperidine rings is 1. The number of phenols is 1. The molecule has 3 aromatic carbocycles. The Kier molecular flexibility index (Phi) is 15.1. The molecule has 20 heteroatoms. The molecule has 4 aliphatic heterocycles. The van der Waals surface area contributed by atoms with Crippen LogP contribution >= 0.6 is 11.3 Å². The molecule has 0 spiro atoms. The number of hydrogen-bond acceptors (Lipinski definition) is 16. The summed E-state index contributed by atoms with van der Waals surface area (Å²) in [6.07, 6.45) is 3.97. The number of alkyl halides is 1. The number of nitrogens with zero attached hydrogens (tertiary/aromatic N) is 8. The van der Waals surface area contributed by atoms with E-state index >= 15 is 8.78 Å². The van der Waals surface area contributed by atoms with Crippen LogP contribution in [0.25, 0.3) is 43.4 Å². The van der Waals surface area contributed by atoms with Gasteiger partial charge in [-0.25, -0.2) is 13.8 Å². The third-order valence-corrected chi connectivity index (χ3v) is 17.1. The third kappa shape index (κ3) is 10.8. The minimum Gasteiger partial charge on any atom is -0.508 e. The number of likely N-dealkylation sites (tertiary alicyclic amines) is 2. The fourth-order valence-electron chi connectivity index (χ4n) is 11.8. The number of piperazine rings is 1. The summed E-state index contributed by atoms with van der Waals surface area (Å²) in [6, 6.07) is 17.8. The minimum atomic E-state index is -1.67. The van der Waals surface area contributed by atoms with Crippen LogP contribution in [0.4, 0.5) is 14.6 Å². The summed E-state index contributed by atoms with van der Waals surface area (Å²) < 4.78 is 51.3. The number of nitrogens with one attached hydrogen (secondary N) is 2. The van der Waals surface area contributed by atoms with Gasteiger partial charge in [-0.1, -0.05) is 63.2 Å². The van der Waals surface area contributed by atoms with Gasteiger partial charge in [0, 0.05) is 75.6 Å². The Labute approximate surface area is 455 Å². The number of aliphatic hydroxyl groups excluding tert-OH is 1. The van der Waals surface area contributed by atoms with Crippen LogP contribution in [0, 0.1) is 18.7 Å². The van der Waals surface area contributed by atoms with E-state index in [1.54, 1.807) is 29.7 Å². The molecule has 17 nitrogen and oxygen atoms in total. The van der Waals surface area contributed by atoms with Crippen molar-refractivity contribution in [3.05, 3.63) is 101 Å². The van der Waals surface area contributed by atoms with Gasteiger partial charge in [-0.2, -0.15) is 9.97 Å². The Morgan fingerprint density at radius 2 is 1.77 bits per heavy atom. The van der Waals surface area contributed by atoms with Crippen LogP contribution in [0.1, 0.15) is 94.3 Å². The number of hydrogen-bond donors (Lipinski definition) is 4. The molecule has 410 valence electrons. The summed E-state index contributed by atoms with van der Waals surface area (Å²) in [5.74, 6) is -1.70. The number of anilines is 1. The van der Waals surface area contributed by atoms with Gasteiger partial charge in [0.25, 0.3) is 5.88 Å². The van der Waals surface area contributed by atoms with Gasteiger partial charge in [0.2, 0.25) is 11.8 Å². The number of aromatic hydroxyl groups is 1. The molecule has 2 amide bonds. The van der Waals surface area contributed by atoms with E-state index in [9.17, 15) is 19.8 Å². The molecule has 2 bridgehead atoms. The van der Waals surface area contributed by atoms with Crippen molar-refractivity contribution in [1.29, 1.82) is 0 Å². The maximum atomic E-state index is 17.1. The molecule has 2 unspecified atom stereocenters. The monoisotopic (exact) mass is 1080 g/mol. The molecule has 0 radical (unpaired) electrons. The van der Waals surface area contributed by atoms with Crippen LogP contribution in [-0.2, 0) is 16.0 Å². The number of ether oxygens (including phenoxy) is 2. The summed E-state index contributed by atoms with van der Waals surface area (Å²) in [6.45, 7) is 12.2. The number of aryl methyl sites for hydroxylation is 2. The first-order valence-corrected chi connectivity index (χ1v) is 28.0. The topological polar surface area (TPSA) is 204 Å². The van der Waals surface area contributed by atoms with Crippen molar-refractivity contribution >= 4 is 50.6 Å². The average Bonchev–Trinajstić information content (AvgIpc) is 4.28. The van der Waals surface area contributed by atoms with Crippen molar-refractivity contribution in [2.75, 3.05) is 57.4 Å². The number of pyridine rings is 1. The van der Waals surface area contributed by atoms with Crippen molar-refractivity contribution in [3.8, 4) is 39.3 Å². The van der Waals surface area contributed by atoms with Crippen LogP contribution in [0.2, 0.25) is 0 Å². The van der Waals surface area contributed by atoms with Gasteiger partial charge in [-0.05, 0) is 96.6 Å². The zero-order chi connectivity index (χ0) is 54.4. The summed E-state index contributed by atoms with van der Waals surface area (Å²) in [5, 5.41) is 34.3. The van der Waals surface area contributed by atoms with Crippen LogP contribution in [0.3, 0.4) is 0 Å². The zero-order valence-corrected chi connectivity index (χ0v) is 45.4. The number of fused-ring (bicyclic) bond motifs is 4. The first kappa shape index (κ1) is 53.1. The Balaban J connectivity index is 0.711. The number of aliphatic hydroxyl groups is 1. The number of benzene rings is 3. The lowest BCUT2D eigenvalue weighted by atomic mass is 9.91. The normalized spacial score (nSPS) is 21.1. The fourth-order valence-corrected chi connectivity index (χ4v) is 12.7. The van der Waals surface area contributed by atoms with E-state index in [1.807, 2.05) is 82.6 Å². The second kappa shape index (κ2) is 22.1. The molecule has 4 aliphatic rings. The number of halogens is 2. The number of thiazole rings is 1. The second-order valence-corrected chi connectivity index (χ2v) is 22.7. The van der Waals surface area contributed by atoms with E-state index in [-0.39, 0.29) is 109 Å². The lowest BCUT2D eigenvalue weighted by molar-refractivity contribution is -0.141. The number of amides is 2. The predicted molar refractivity (Wildman–Crippen MR) is 293 cm³/mol. The second-order valence-electron chi connectivity index (χ2n) is 21.9. The van der Waals surface area contributed by atoms with E-state index in [4.69, 9.17) is 19.0 Å². The smallest absolute Gasteiger partial charge is 0.319 e. The largest absolute Gasteiger partial charge is 0.508 e.